The molecule has 0 aliphatic carbocycles. The molecule has 80 valence electrons. The fourth-order valence-corrected chi connectivity index (χ4v) is 1.50. The molecular weight excluding hydrogens is 204 g/mol. The van der Waals surface area contributed by atoms with Gasteiger partial charge in [0.25, 0.3) is 0 Å². The summed E-state index contributed by atoms with van der Waals surface area (Å²) in [4.78, 5) is 0. The highest BCUT2D eigenvalue weighted by molar-refractivity contribution is 7.91. The molecule has 0 radical (unpaired) electrons. The first-order valence-corrected chi connectivity index (χ1v) is 6.05. The van der Waals surface area contributed by atoms with Crippen LogP contribution in [0.5, 0.6) is 0 Å². The minimum Gasteiger partial charge on any atom is -0.245 e. The highest BCUT2D eigenvalue weighted by Gasteiger charge is 2.16. The van der Waals surface area contributed by atoms with Crippen LogP contribution < -0.4 is 0 Å². The summed E-state index contributed by atoms with van der Waals surface area (Å²) in [6, 6.07) is 7.90. The van der Waals surface area contributed by atoms with Gasteiger partial charge < -0.3 is 0 Å². The summed E-state index contributed by atoms with van der Waals surface area (Å²) >= 11 is 0. The number of rotatable bonds is 0. The molecular formula is C13H16OS. The highest BCUT2D eigenvalue weighted by Crippen LogP contribution is 2.10. The molecule has 0 amide bonds. The number of hydrogen-bond acceptors (Lipinski definition) is 1. The summed E-state index contributed by atoms with van der Waals surface area (Å²) in [6.07, 6.45) is 0. The van der Waals surface area contributed by atoms with Crippen LogP contribution in [0.15, 0.2) is 24.3 Å². The Balaban J connectivity index is 2.88. The first kappa shape index (κ1) is 12.0. The van der Waals surface area contributed by atoms with E-state index in [0.717, 1.165) is 5.56 Å². The fourth-order valence-electron chi connectivity index (χ4n) is 0.981. The van der Waals surface area contributed by atoms with E-state index in [1.807, 2.05) is 52.0 Å². The Hall–Kier alpha value is -1.07. The normalized spacial score (nSPS) is 12.8. The van der Waals surface area contributed by atoms with Gasteiger partial charge in [-0.05, 0) is 45.4 Å². The van der Waals surface area contributed by atoms with E-state index >= 15 is 0 Å². The minimum atomic E-state index is -1.11. The van der Waals surface area contributed by atoms with Crippen molar-refractivity contribution in [2.45, 2.75) is 32.4 Å². The second-order valence-corrected chi connectivity index (χ2v) is 6.44. The molecule has 0 aliphatic rings. The Kier molecular flexibility index (Phi) is 3.71. The van der Waals surface area contributed by atoms with E-state index < -0.39 is 10.8 Å². The summed E-state index contributed by atoms with van der Waals surface area (Å²) in [6.45, 7) is 7.79. The molecule has 0 fully saturated rings. The number of benzene rings is 1. The summed E-state index contributed by atoms with van der Waals surface area (Å²) in [5.74, 6) is 2.94. The Labute approximate surface area is 94.4 Å². The van der Waals surface area contributed by atoms with Gasteiger partial charge in [0.2, 0.25) is 0 Å². The highest BCUT2D eigenvalue weighted by atomic mass is 32.2. The lowest BCUT2D eigenvalue weighted by Crippen LogP contribution is -2.19. The molecule has 1 aromatic carbocycles. The van der Waals surface area contributed by atoms with E-state index in [1.54, 1.807) is 0 Å². The van der Waals surface area contributed by atoms with Crippen molar-refractivity contribution in [3.8, 4) is 11.2 Å². The molecule has 1 rings (SSSR count). The van der Waals surface area contributed by atoms with Gasteiger partial charge in [0, 0.05) is 15.6 Å². The van der Waals surface area contributed by atoms with Crippen molar-refractivity contribution in [1.29, 1.82) is 0 Å². The van der Waals surface area contributed by atoms with E-state index in [0.29, 0.717) is 0 Å². The Morgan fingerprint density at radius 1 is 1.27 bits per heavy atom. The fraction of sp³-hybridized carbons (Fsp3) is 0.385. The lowest BCUT2D eigenvalue weighted by molar-refractivity contribution is 0.657. The molecule has 1 nitrogen and oxygen atoms in total. The van der Waals surface area contributed by atoms with Crippen LogP contribution in [0, 0.1) is 18.1 Å². The molecule has 0 saturated carbocycles. The predicted octanol–water partition coefficient (Wildman–Crippen LogP) is 2.85. The van der Waals surface area contributed by atoms with Gasteiger partial charge in [0.1, 0.15) is 10.8 Å². The SMILES string of the molecule is Cc1cccc(C#CS(=O)C(C)(C)C)c1. The molecule has 0 aliphatic heterocycles. The summed E-state index contributed by atoms with van der Waals surface area (Å²) in [7, 11) is -1.11. The van der Waals surface area contributed by atoms with Gasteiger partial charge in [0.05, 0.1) is 0 Å². The van der Waals surface area contributed by atoms with E-state index in [1.165, 1.54) is 5.56 Å². The topological polar surface area (TPSA) is 17.1 Å². The van der Waals surface area contributed by atoms with Crippen LogP contribution in [0.25, 0.3) is 0 Å². The maximum Gasteiger partial charge on any atom is 0.103 e. The first-order valence-electron chi connectivity index (χ1n) is 4.90. The van der Waals surface area contributed by atoms with Crippen molar-refractivity contribution in [1.82, 2.24) is 0 Å². The zero-order valence-corrected chi connectivity index (χ0v) is 10.4. The summed E-state index contributed by atoms with van der Waals surface area (Å²) < 4.78 is 11.4. The number of aryl methyl sites for hydroxylation is 1. The van der Waals surface area contributed by atoms with E-state index in [-0.39, 0.29) is 4.75 Å². The van der Waals surface area contributed by atoms with Crippen molar-refractivity contribution < 1.29 is 4.21 Å². The summed E-state index contributed by atoms with van der Waals surface area (Å²) in [5.41, 5.74) is 2.09. The number of hydrogen-bond donors (Lipinski definition) is 0. The average molecular weight is 220 g/mol. The predicted molar refractivity (Wildman–Crippen MR) is 66.0 cm³/mol. The molecule has 0 bridgehead atoms. The molecule has 0 saturated heterocycles. The van der Waals surface area contributed by atoms with Gasteiger partial charge in [0.15, 0.2) is 0 Å². The van der Waals surface area contributed by atoms with Crippen molar-refractivity contribution in [3.63, 3.8) is 0 Å². The standard InChI is InChI=1S/C13H16OS/c1-11-6-5-7-12(10-11)8-9-15(14)13(2,3)4/h5-7,10H,1-4H3. The van der Waals surface area contributed by atoms with Gasteiger partial charge in [-0.25, -0.2) is 4.21 Å². The van der Waals surface area contributed by atoms with Crippen LogP contribution in [0.2, 0.25) is 0 Å². The molecule has 1 atom stereocenters. The van der Waals surface area contributed by atoms with Crippen LogP contribution in [0.3, 0.4) is 0 Å². The Bertz CT molecular complexity index is 430. The average Bonchev–Trinajstić information content (AvgIpc) is 2.12. The second-order valence-electron chi connectivity index (χ2n) is 4.48. The lowest BCUT2D eigenvalue weighted by atomic mass is 10.1. The molecule has 15 heavy (non-hydrogen) atoms. The zero-order valence-electron chi connectivity index (χ0n) is 9.63. The molecule has 2 heteroatoms. The van der Waals surface area contributed by atoms with E-state index in [9.17, 15) is 4.21 Å². The molecule has 1 unspecified atom stereocenters. The second kappa shape index (κ2) is 4.63. The molecule has 0 N–H and O–H groups in total. The first-order chi connectivity index (χ1) is 6.89. The quantitative estimate of drug-likeness (QED) is 0.614. The van der Waals surface area contributed by atoms with Crippen LogP contribution in [-0.2, 0) is 10.8 Å². The van der Waals surface area contributed by atoms with E-state index in [4.69, 9.17) is 0 Å². The smallest absolute Gasteiger partial charge is 0.103 e. The van der Waals surface area contributed by atoms with Crippen molar-refractivity contribution in [2.75, 3.05) is 0 Å². The molecule has 1 aromatic rings. The van der Waals surface area contributed by atoms with E-state index in [2.05, 4.69) is 11.2 Å². The Morgan fingerprint density at radius 2 is 1.93 bits per heavy atom. The van der Waals surface area contributed by atoms with Gasteiger partial charge in [-0.3, -0.25) is 0 Å². The van der Waals surface area contributed by atoms with Crippen molar-refractivity contribution in [2.24, 2.45) is 0 Å². The zero-order chi connectivity index (χ0) is 11.5. The largest absolute Gasteiger partial charge is 0.245 e. The third kappa shape index (κ3) is 3.89. The van der Waals surface area contributed by atoms with Gasteiger partial charge in [-0.2, -0.15) is 0 Å². The van der Waals surface area contributed by atoms with Gasteiger partial charge >= 0.3 is 0 Å². The third-order valence-electron chi connectivity index (χ3n) is 1.86. The lowest BCUT2D eigenvalue weighted by Gasteiger charge is -2.11. The van der Waals surface area contributed by atoms with Crippen molar-refractivity contribution in [3.05, 3.63) is 35.4 Å². The maximum absolute atomic E-state index is 11.7. The molecule has 0 aromatic heterocycles. The molecule has 0 spiro atoms. The van der Waals surface area contributed by atoms with Crippen LogP contribution in [0.1, 0.15) is 31.9 Å². The van der Waals surface area contributed by atoms with Crippen LogP contribution >= 0.6 is 0 Å². The Morgan fingerprint density at radius 3 is 2.47 bits per heavy atom. The summed E-state index contributed by atoms with van der Waals surface area (Å²) in [5, 5.41) is 2.79. The molecule has 0 heterocycles. The van der Waals surface area contributed by atoms with Crippen LogP contribution in [0.4, 0.5) is 0 Å². The monoisotopic (exact) mass is 220 g/mol. The maximum atomic E-state index is 11.7. The van der Waals surface area contributed by atoms with Crippen molar-refractivity contribution >= 4 is 10.8 Å². The van der Waals surface area contributed by atoms with Gasteiger partial charge in [-0.1, -0.05) is 18.1 Å². The van der Waals surface area contributed by atoms with Gasteiger partial charge in [-0.15, -0.1) is 0 Å². The van der Waals surface area contributed by atoms with Crippen LogP contribution in [-0.4, -0.2) is 8.96 Å². The third-order valence-corrected chi connectivity index (χ3v) is 3.26. The minimum absolute atomic E-state index is 0.267.